The lowest BCUT2D eigenvalue weighted by atomic mass is 9.94. The molecule has 1 aromatic rings. The molecule has 0 saturated carbocycles. The highest BCUT2D eigenvalue weighted by atomic mass is 16.5. The van der Waals surface area contributed by atoms with Gasteiger partial charge in [-0.25, -0.2) is 0 Å². The van der Waals surface area contributed by atoms with E-state index < -0.39 is 11.6 Å². The number of aliphatic hydroxyl groups is 1. The number of nitrogens with zero attached hydrogens (tertiary/aromatic N) is 1. The van der Waals surface area contributed by atoms with Crippen LogP contribution in [0, 0.1) is 0 Å². The van der Waals surface area contributed by atoms with E-state index in [1.807, 2.05) is 0 Å². The predicted octanol–water partition coefficient (Wildman–Crippen LogP) is 1.24. The Kier molecular flexibility index (Phi) is 3.80. The van der Waals surface area contributed by atoms with E-state index in [1.165, 1.54) is 0 Å². The second-order valence-corrected chi connectivity index (χ2v) is 3.50. The summed E-state index contributed by atoms with van der Waals surface area (Å²) >= 11 is 0. The largest absolute Gasteiger partial charge is 0.466 e. The normalized spacial score (nSPS) is 14.3. The van der Waals surface area contributed by atoms with Gasteiger partial charge < -0.3 is 9.84 Å². The number of hydrogen-bond donors (Lipinski definition) is 1. The number of ether oxygens (including phenoxy) is 1. The fourth-order valence-electron chi connectivity index (χ4n) is 1.28. The van der Waals surface area contributed by atoms with Gasteiger partial charge in [-0.2, -0.15) is 0 Å². The molecule has 0 aliphatic carbocycles. The Labute approximate surface area is 88.9 Å². The average molecular weight is 209 g/mol. The number of hydrogen-bond acceptors (Lipinski definition) is 4. The lowest BCUT2D eigenvalue weighted by molar-refractivity contribution is -0.148. The minimum Gasteiger partial charge on any atom is -0.466 e. The number of rotatable bonds is 4. The lowest BCUT2D eigenvalue weighted by Crippen LogP contribution is -2.26. The summed E-state index contributed by atoms with van der Waals surface area (Å²) in [7, 11) is 0. The molecule has 4 heteroatoms. The maximum absolute atomic E-state index is 11.2. The van der Waals surface area contributed by atoms with E-state index in [-0.39, 0.29) is 6.42 Å². The van der Waals surface area contributed by atoms with Crippen molar-refractivity contribution in [2.24, 2.45) is 0 Å². The summed E-state index contributed by atoms with van der Waals surface area (Å²) in [6.45, 7) is 3.62. The first-order valence-electron chi connectivity index (χ1n) is 4.85. The average Bonchev–Trinajstić information content (AvgIpc) is 2.18. The van der Waals surface area contributed by atoms with Crippen molar-refractivity contribution < 1.29 is 14.6 Å². The van der Waals surface area contributed by atoms with Crippen molar-refractivity contribution in [1.29, 1.82) is 0 Å². The van der Waals surface area contributed by atoms with Gasteiger partial charge in [-0.15, -0.1) is 0 Å². The molecule has 0 fully saturated rings. The van der Waals surface area contributed by atoms with Crippen LogP contribution in [0.25, 0.3) is 0 Å². The molecule has 1 rings (SSSR count). The third-order valence-corrected chi connectivity index (χ3v) is 2.08. The van der Waals surface area contributed by atoms with Gasteiger partial charge in [-0.05, 0) is 19.9 Å². The number of esters is 1. The molecule has 0 saturated heterocycles. The van der Waals surface area contributed by atoms with E-state index in [2.05, 4.69) is 4.98 Å². The van der Waals surface area contributed by atoms with Crippen LogP contribution in [0.5, 0.6) is 0 Å². The summed E-state index contributed by atoms with van der Waals surface area (Å²) in [6.07, 6.45) is 3.09. The lowest BCUT2D eigenvalue weighted by Gasteiger charge is -2.21. The van der Waals surface area contributed by atoms with E-state index >= 15 is 0 Å². The van der Waals surface area contributed by atoms with E-state index in [0.29, 0.717) is 12.2 Å². The van der Waals surface area contributed by atoms with Gasteiger partial charge in [-0.3, -0.25) is 9.78 Å². The Bertz CT molecular complexity index is 322. The topological polar surface area (TPSA) is 59.4 Å². The Morgan fingerprint density at radius 3 is 2.93 bits per heavy atom. The summed E-state index contributed by atoms with van der Waals surface area (Å²) < 4.78 is 4.78. The SMILES string of the molecule is CCOC(=O)CC(C)(O)c1cccnc1. The highest BCUT2D eigenvalue weighted by Gasteiger charge is 2.27. The van der Waals surface area contributed by atoms with Crippen LogP contribution in [0.1, 0.15) is 25.8 Å². The van der Waals surface area contributed by atoms with Crippen LogP contribution in [0.2, 0.25) is 0 Å². The van der Waals surface area contributed by atoms with Crippen molar-refractivity contribution in [2.45, 2.75) is 25.9 Å². The van der Waals surface area contributed by atoms with E-state index in [0.717, 1.165) is 0 Å². The van der Waals surface area contributed by atoms with Crippen molar-refractivity contribution >= 4 is 5.97 Å². The highest BCUT2D eigenvalue weighted by molar-refractivity contribution is 5.70. The number of carbonyl (C=O) groups excluding carboxylic acids is 1. The molecule has 1 atom stereocenters. The molecule has 1 unspecified atom stereocenters. The smallest absolute Gasteiger partial charge is 0.309 e. The van der Waals surface area contributed by atoms with Crippen LogP contribution in [0.3, 0.4) is 0 Å². The van der Waals surface area contributed by atoms with Gasteiger partial charge in [0.05, 0.1) is 18.6 Å². The van der Waals surface area contributed by atoms with Crippen LogP contribution in [0.15, 0.2) is 24.5 Å². The summed E-state index contributed by atoms with van der Waals surface area (Å²) in [5.41, 5.74) is -0.612. The quantitative estimate of drug-likeness (QED) is 0.758. The van der Waals surface area contributed by atoms with E-state index in [9.17, 15) is 9.90 Å². The molecule has 0 aliphatic rings. The Hall–Kier alpha value is -1.42. The van der Waals surface area contributed by atoms with Crippen molar-refractivity contribution in [1.82, 2.24) is 4.98 Å². The Morgan fingerprint density at radius 1 is 1.67 bits per heavy atom. The third-order valence-electron chi connectivity index (χ3n) is 2.08. The van der Waals surface area contributed by atoms with Gasteiger partial charge >= 0.3 is 5.97 Å². The number of carbonyl (C=O) groups is 1. The molecule has 0 amide bonds. The first-order valence-corrected chi connectivity index (χ1v) is 4.85. The van der Waals surface area contributed by atoms with Crippen LogP contribution in [-0.4, -0.2) is 22.7 Å². The van der Waals surface area contributed by atoms with E-state index in [1.54, 1.807) is 38.4 Å². The molecule has 0 spiro atoms. The summed E-state index contributed by atoms with van der Waals surface area (Å²) in [5, 5.41) is 10.0. The minimum absolute atomic E-state index is 0.0630. The molecule has 4 nitrogen and oxygen atoms in total. The van der Waals surface area contributed by atoms with Gasteiger partial charge in [0.15, 0.2) is 0 Å². The van der Waals surface area contributed by atoms with Gasteiger partial charge in [0.1, 0.15) is 0 Å². The van der Waals surface area contributed by atoms with Gasteiger partial charge in [-0.1, -0.05) is 6.07 Å². The third kappa shape index (κ3) is 3.32. The molecule has 0 radical (unpaired) electrons. The maximum Gasteiger partial charge on any atom is 0.309 e. The highest BCUT2D eigenvalue weighted by Crippen LogP contribution is 2.23. The summed E-state index contributed by atoms with van der Waals surface area (Å²) in [4.78, 5) is 15.1. The molecule has 0 aromatic carbocycles. The molecule has 0 bridgehead atoms. The molecule has 1 N–H and O–H groups in total. The van der Waals surface area contributed by atoms with Crippen molar-refractivity contribution in [3.8, 4) is 0 Å². The van der Waals surface area contributed by atoms with E-state index in [4.69, 9.17) is 4.74 Å². The second kappa shape index (κ2) is 4.89. The van der Waals surface area contributed by atoms with Crippen molar-refractivity contribution in [2.75, 3.05) is 6.61 Å². The number of aromatic nitrogens is 1. The zero-order valence-corrected chi connectivity index (χ0v) is 8.93. The fraction of sp³-hybridized carbons (Fsp3) is 0.455. The zero-order valence-electron chi connectivity index (χ0n) is 8.93. The number of pyridine rings is 1. The molecular weight excluding hydrogens is 194 g/mol. The summed E-state index contributed by atoms with van der Waals surface area (Å²) in [6, 6.07) is 3.45. The zero-order chi connectivity index (χ0) is 11.3. The van der Waals surface area contributed by atoms with Crippen LogP contribution in [-0.2, 0) is 15.1 Å². The molecule has 1 heterocycles. The standard InChI is InChI=1S/C11H15NO3/c1-3-15-10(13)7-11(2,14)9-5-4-6-12-8-9/h4-6,8,14H,3,7H2,1-2H3. The van der Waals surface area contributed by atoms with Crippen LogP contribution < -0.4 is 0 Å². The van der Waals surface area contributed by atoms with Crippen LogP contribution in [0.4, 0.5) is 0 Å². The van der Waals surface area contributed by atoms with Gasteiger partial charge in [0.25, 0.3) is 0 Å². The molecule has 0 aliphatic heterocycles. The Balaban J connectivity index is 2.71. The second-order valence-electron chi connectivity index (χ2n) is 3.50. The van der Waals surface area contributed by atoms with Gasteiger partial charge in [0.2, 0.25) is 0 Å². The molecule has 15 heavy (non-hydrogen) atoms. The molecular formula is C11H15NO3. The summed E-state index contributed by atoms with van der Waals surface area (Å²) in [5.74, 6) is -0.411. The fourth-order valence-corrected chi connectivity index (χ4v) is 1.28. The molecule has 1 aromatic heterocycles. The first kappa shape index (κ1) is 11.7. The van der Waals surface area contributed by atoms with Crippen LogP contribution >= 0.6 is 0 Å². The monoisotopic (exact) mass is 209 g/mol. The maximum atomic E-state index is 11.2. The first-order chi connectivity index (χ1) is 7.06. The Morgan fingerprint density at radius 2 is 2.40 bits per heavy atom. The minimum atomic E-state index is -1.22. The predicted molar refractivity (Wildman–Crippen MR) is 55.1 cm³/mol. The van der Waals surface area contributed by atoms with Crippen molar-refractivity contribution in [3.63, 3.8) is 0 Å². The van der Waals surface area contributed by atoms with Gasteiger partial charge in [0, 0.05) is 18.0 Å². The molecule has 82 valence electrons. The van der Waals surface area contributed by atoms with Crippen molar-refractivity contribution in [3.05, 3.63) is 30.1 Å².